The summed E-state index contributed by atoms with van der Waals surface area (Å²) in [6.45, 7) is 7.82. The van der Waals surface area contributed by atoms with Gasteiger partial charge in [-0.15, -0.1) is 0 Å². The quantitative estimate of drug-likeness (QED) is 0.847. The highest BCUT2D eigenvalue weighted by Crippen LogP contribution is 2.09. The number of aliphatic hydroxyl groups is 1. The second kappa shape index (κ2) is 7.46. The van der Waals surface area contributed by atoms with E-state index in [0.717, 1.165) is 12.8 Å². The number of amides is 2. The van der Waals surface area contributed by atoms with Crippen molar-refractivity contribution in [1.29, 1.82) is 0 Å². The molecule has 0 radical (unpaired) electrons. The van der Waals surface area contributed by atoms with E-state index in [2.05, 4.69) is 43.4 Å². The molecule has 0 aromatic heterocycles. The van der Waals surface area contributed by atoms with Crippen LogP contribution < -0.4 is 5.32 Å². The lowest BCUT2D eigenvalue weighted by Crippen LogP contribution is -2.48. The molecule has 0 heterocycles. The molecule has 0 aliphatic rings. The van der Waals surface area contributed by atoms with E-state index in [1.54, 1.807) is 20.9 Å². The van der Waals surface area contributed by atoms with Crippen LogP contribution in [-0.2, 0) is 6.42 Å². The van der Waals surface area contributed by atoms with Crippen LogP contribution in [0.3, 0.4) is 0 Å². The second-order valence-corrected chi connectivity index (χ2v) is 6.41. The first-order valence-corrected chi connectivity index (χ1v) is 7.51. The molecule has 0 aliphatic carbocycles. The van der Waals surface area contributed by atoms with Crippen molar-refractivity contribution in [2.45, 2.75) is 52.2 Å². The van der Waals surface area contributed by atoms with Gasteiger partial charge in [-0.25, -0.2) is 4.79 Å². The average Bonchev–Trinajstić information content (AvgIpc) is 2.38. The van der Waals surface area contributed by atoms with E-state index in [4.69, 9.17) is 0 Å². The van der Waals surface area contributed by atoms with E-state index < -0.39 is 5.60 Å². The molecule has 0 saturated carbocycles. The average molecular weight is 292 g/mol. The van der Waals surface area contributed by atoms with Gasteiger partial charge in [-0.3, -0.25) is 0 Å². The maximum Gasteiger partial charge on any atom is 0.317 e. The van der Waals surface area contributed by atoms with E-state index in [9.17, 15) is 9.90 Å². The van der Waals surface area contributed by atoms with Crippen LogP contribution in [0.4, 0.5) is 4.79 Å². The summed E-state index contributed by atoms with van der Waals surface area (Å²) in [6, 6.07) is 8.34. The third-order valence-corrected chi connectivity index (χ3v) is 3.39. The SMILES string of the molecule is CCC(Cc1ccc(C)cc1)NC(=O)N(C)CC(C)(C)O. The zero-order valence-electron chi connectivity index (χ0n) is 13.8. The van der Waals surface area contributed by atoms with Crippen molar-refractivity contribution in [3.8, 4) is 0 Å². The standard InChI is InChI=1S/C17H28N2O2/c1-6-15(11-14-9-7-13(2)8-10-14)18-16(20)19(5)12-17(3,4)21/h7-10,15,21H,6,11-12H2,1-5H3,(H,18,20). The Labute approximate surface area is 128 Å². The number of carbonyl (C=O) groups excluding carboxylic acids is 1. The minimum absolute atomic E-state index is 0.101. The third kappa shape index (κ3) is 6.63. The molecule has 0 saturated heterocycles. The Balaban J connectivity index is 2.57. The first-order valence-electron chi connectivity index (χ1n) is 7.51. The fraction of sp³-hybridized carbons (Fsp3) is 0.588. The molecule has 21 heavy (non-hydrogen) atoms. The molecule has 0 fully saturated rings. The van der Waals surface area contributed by atoms with Crippen molar-refractivity contribution in [3.63, 3.8) is 0 Å². The van der Waals surface area contributed by atoms with Crippen molar-refractivity contribution in [2.75, 3.05) is 13.6 Å². The van der Waals surface area contributed by atoms with Gasteiger partial charge in [0.1, 0.15) is 0 Å². The van der Waals surface area contributed by atoms with Crippen LogP contribution in [0.5, 0.6) is 0 Å². The van der Waals surface area contributed by atoms with Gasteiger partial charge >= 0.3 is 6.03 Å². The van der Waals surface area contributed by atoms with Crippen LogP contribution in [0.25, 0.3) is 0 Å². The molecule has 118 valence electrons. The van der Waals surface area contributed by atoms with Gasteiger partial charge in [0.15, 0.2) is 0 Å². The first-order chi connectivity index (χ1) is 9.71. The molecule has 2 amide bonds. The van der Waals surface area contributed by atoms with Gasteiger partial charge in [-0.1, -0.05) is 36.8 Å². The van der Waals surface area contributed by atoms with E-state index in [0.29, 0.717) is 6.54 Å². The Morgan fingerprint density at radius 2 is 1.90 bits per heavy atom. The summed E-state index contributed by atoms with van der Waals surface area (Å²) < 4.78 is 0. The molecule has 0 aliphatic heterocycles. The lowest BCUT2D eigenvalue weighted by atomic mass is 10.0. The number of urea groups is 1. The monoisotopic (exact) mass is 292 g/mol. The summed E-state index contributed by atoms with van der Waals surface area (Å²) in [4.78, 5) is 13.7. The minimum Gasteiger partial charge on any atom is -0.389 e. The Morgan fingerprint density at radius 1 is 1.33 bits per heavy atom. The predicted molar refractivity (Wildman–Crippen MR) is 86.4 cm³/mol. The third-order valence-electron chi connectivity index (χ3n) is 3.39. The number of carbonyl (C=O) groups is 1. The smallest absolute Gasteiger partial charge is 0.317 e. The fourth-order valence-corrected chi connectivity index (χ4v) is 2.24. The molecular weight excluding hydrogens is 264 g/mol. The van der Waals surface area contributed by atoms with Crippen molar-refractivity contribution >= 4 is 6.03 Å². The summed E-state index contributed by atoms with van der Waals surface area (Å²) in [5.74, 6) is 0. The Morgan fingerprint density at radius 3 is 2.38 bits per heavy atom. The van der Waals surface area contributed by atoms with E-state index in [1.807, 2.05) is 0 Å². The molecule has 1 aromatic rings. The number of likely N-dealkylation sites (N-methyl/N-ethyl adjacent to an activating group) is 1. The van der Waals surface area contributed by atoms with Crippen LogP contribution in [-0.4, -0.2) is 41.3 Å². The van der Waals surface area contributed by atoms with Gasteiger partial charge in [-0.05, 0) is 39.2 Å². The largest absolute Gasteiger partial charge is 0.389 e. The van der Waals surface area contributed by atoms with Crippen molar-refractivity contribution in [2.24, 2.45) is 0 Å². The molecule has 4 heteroatoms. The summed E-state index contributed by atoms with van der Waals surface area (Å²) in [5.41, 5.74) is 1.57. The topological polar surface area (TPSA) is 52.6 Å². The van der Waals surface area contributed by atoms with Gasteiger partial charge in [0.2, 0.25) is 0 Å². The summed E-state index contributed by atoms with van der Waals surface area (Å²) in [5, 5.41) is 12.8. The van der Waals surface area contributed by atoms with E-state index in [-0.39, 0.29) is 12.1 Å². The number of benzene rings is 1. The van der Waals surface area contributed by atoms with Gasteiger partial charge in [0, 0.05) is 13.1 Å². The number of nitrogens with zero attached hydrogens (tertiary/aromatic N) is 1. The highest BCUT2D eigenvalue weighted by atomic mass is 16.3. The van der Waals surface area contributed by atoms with E-state index >= 15 is 0 Å². The van der Waals surface area contributed by atoms with Crippen LogP contribution >= 0.6 is 0 Å². The minimum atomic E-state index is -0.884. The molecule has 1 unspecified atom stereocenters. The maximum absolute atomic E-state index is 12.1. The van der Waals surface area contributed by atoms with Crippen molar-refractivity contribution < 1.29 is 9.90 Å². The summed E-state index contributed by atoms with van der Waals surface area (Å²) in [7, 11) is 1.70. The number of aryl methyl sites for hydroxylation is 1. The lowest BCUT2D eigenvalue weighted by molar-refractivity contribution is 0.0527. The second-order valence-electron chi connectivity index (χ2n) is 6.41. The predicted octanol–water partition coefficient (Wildman–Crippen LogP) is 2.73. The zero-order chi connectivity index (χ0) is 16.0. The Kier molecular flexibility index (Phi) is 6.21. The molecule has 0 bridgehead atoms. The van der Waals surface area contributed by atoms with Crippen LogP contribution in [0, 0.1) is 6.92 Å². The van der Waals surface area contributed by atoms with Gasteiger partial charge in [-0.2, -0.15) is 0 Å². The number of hydrogen-bond acceptors (Lipinski definition) is 2. The Bertz CT molecular complexity index is 449. The number of rotatable bonds is 6. The summed E-state index contributed by atoms with van der Waals surface area (Å²) in [6.07, 6.45) is 1.69. The molecule has 4 nitrogen and oxygen atoms in total. The molecule has 1 atom stereocenters. The first kappa shape index (κ1) is 17.5. The molecule has 0 spiro atoms. The van der Waals surface area contributed by atoms with Crippen LogP contribution in [0.2, 0.25) is 0 Å². The molecule has 1 aromatic carbocycles. The Hall–Kier alpha value is -1.55. The highest BCUT2D eigenvalue weighted by molar-refractivity contribution is 5.74. The molecular formula is C17H28N2O2. The van der Waals surface area contributed by atoms with Crippen molar-refractivity contribution in [3.05, 3.63) is 35.4 Å². The van der Waals surface area contributed by atoms with Crippen molar-refractivity contribution in [1.82, 2.24) is 10.2 Å². The number of nitrogens with one attached hydrogen (secondary N) is 1. The van der Waals surface area contributed by atoms with Gasteiger partial charge < -0.3 is 15.3 Å². The molecule has 1 rings (SSSR count). The van der Waals surface area contributed by atoms with Gasteiger partial charge in [0.25, 0.3) is 0 Å². The lowest BCUT2D eigenvalue weighted by Gasteiger charge is -2.28. The molecule has 2 N–H and O–H groups in total. The number of hydrogen-bond donors (Lipinski definition) is 2. The van der Waals surface area contributed by atoms with Crippen LogP contribution in [0.15, 0.2) is 24.3 Å². The zero-order valence-corrected chi connectivity index (χ0v) is 13.8. The summed E-state index contributed by atoms with van der Waals surface area (Å²) >= 11 is 0. The van der Waals surface area contributed by atoms with E-state index in [1.165, 1.54) is 16.0 Å². The normalized spacial score (nSPS) is 12.9. The highest BCUT2D eigenvalue weighted by Gasteiger charge is 2.21. The maximum atomic E-state index is 12.1. The fourth-order valence-electron chi connectivity index (χ4n) is 2.24. The van der Waals surface area contributed by atoms with Gasteiger partial charge in [0.05, 0.1) is 12.1 Å². The van der Waals surface area contributed by atoms with Crippen LogP contribution in [0.1, 0.15) is 38.3 Å².